The third-order valence-corrected chi connectivity index (χ3v) is 10.6. The zero-order valence-corrected chi connectivity index (χ0v) is 24.2. The molecule has 6 aliphatic rings. The van der Waals surface area contributed by atoms with Crippen LogP contribution in [0.25, 0.3) is 0 Å². The van der Waals surface area contributed by atoms with E-state index in [1.165, 1.54) is 0 Å². The average molecular weight is 555 g/mol. The molecule has 4 saturated heterocycles. The number of urea groups is 1. The van der Waals surface area contributed by atoms with Gasteiger partial charge in [0.1, 0.15) is 23.7 Å². The number of nitriles is 1. The maximum atomic E-state index is 14.1. The average Bonchev–Trinajstić information content (AvgIpc) is 3.53. The summed E-state index contributed by atoms with van der Waals surface area (Å²) >= 11 is 0. The summed E-state index contributed by atoms with van der Waals surface area (Å²) in [5, 5.41) is 18.7. The molecule has 2 saturated carbocycles. The molecule has 6 atom stereocenters. The van der Waals surface area contributed by atoms with Gasteiger partial charge in [0.2, 0.25) is 17.7 Å². The maximum Gasteiger partial charge on any atom is 0.318 e. The second-order valence-electron chi connectivity index (χ2n) is 14.9. The molecule has 11 heteroatoms. The summed E-state index contributed by atoms with van der Waals surface area (Å²) < 4.78 is 5.63. The van der Waals surface area contributed by atoms with Crippen molar-refractivity contribution in [3.63, 3.8) is 0 Å². The minimum Gasteiger partial charge on any atom is -0.371 e. The summed E-state index contributed by atoms with van der Waals surface area (Å²) in [5.74, 6) is -0.839. The molecule has 2 spiro atoms. The Morgan fingerprint density at radius 1 is 1.18 bits per heavy atom. The number of hydrogen-bond donors (Lipinski definition) is 3. The summed E-state index contributed by atoms with van der Waals surface area (Å²) in [6.45, 7) is 12.1. The van der Waals surface area contributed by atoms with Gasteiger partial charge in [0, 0.05) is 24.4 Å². The predicted molar refractivity (Wildman–Crippen MR) is 143 cm³/mol. The molecule has 11 nitrogen and oxygen atoms in total. The Bertz CT molecular complexity index is 1170. The molecule has 0 aromatic heterocycles. The van der Waals surface area contributed by atoms with Crippen LogP contribution in [-0.4, -0.2) is 89.1 Å². The van der Waals surface area contributed by atoms with Crippen molar-refractivity contribution in [3.05, 3.63) is 0 Å². The van der Waals surface area contributed by atoms with E-state index in [0.29, 0.717) is 26.1 Å². The summed E-state index contributed by atoms with van der Waals surface area (Å²) in [5.41, 5.74) is -0.992. The van der Waals surface area contributed by atoms with E-state index < -0.39 is 23.5 Å². The molecule has 6 rings (SSSR count). The highest BCUT2D eigenvalue weighted by Gasteiger charge is 2.70. The Morgan fingerprint density at radius 3 is 2.38 bits per heavy atom. The molecule has 0 radical (unpaired) electrons. The molecule has 0 aromatic rings. The van der Waals surface area contributed by atoms with Gasteiger partial charge in [-0.25, -0.2) is 4.79 Å². The van der Waals surface area contributed by atoms with Crippen molar-refractivity contribution in [2.45, 2.75) is 96.0 Å². The molecule has 4 aliphatic heterocycles. The van der Waals surface area contributed by atoms with E-state index >= 15 is 0 Å². The number of rotatable bonds is 6. The van der Waals surface area contributed by atoms with E-state index in [-0.39, 0.29) is 64.5 Å². The van der Waals surface area contributed by atoms with E-state index in [4.69, 9.17) is 4.74 Å². The highest BCUT2D eigenvalue weighted by atomic mass is 16.5. The lowest BCUT2D eigenvalue weighted by Crippen LogP contribution is -2.72. The molecule has 2 aliphatic carbocycles. The van der Waals surface area contributed by atoms with Gasteiger partial charge in [0.25, 0.3) is 0 Å². The molecule has 0 bridgehead atoms. The van der Waals surface area contributed by atoms with Gasteiger partial charge < -0.3 is 30.5 Å². The number of likely N-dealkylation sites (tertiary alicyclic amines) is 2. The number of nitrogens with zero attached hydrogens (tertiary/aromatic N) is 3. The maximum absolute atomic E-state index is 14.1. The molecule has 3 N–H and O–H groups in total. The summed E-state index contributed by atoms with van der Waals surface area (Å²) in [4.78, 5) is 56.7. The fraction of sp³-hybridized carbons (Fsp3) is 0.828. The van der Waals surface area contributed by atoms with E-state index in [2.05, 4.69) is 35.9 Å². The number of nitrogens with one attached hydrogen (secondary N) is 3. The first-order chi connectivity index (χ1) is 18.7. The fourth-order valence-corrected chi connectivity index (χ4v) is 7.61. The Balaban J connectivity index is 1.14. The normalized spacial score (nSPS) is 33.1. The van der Waals surface area contributed by atoms with Crippen LogP contribution >= 0.6 is 0 Å². The van der Waals surface area contributed by atoms with Crippen LogP contribution in [0.5, 0.6) is 0 Å². The SMILES string of the molecule is CC(C)(C)C(NC(=O)N1CC2(CCO2)C1)C(=O)N1CC2C(C1C(=O)NC(C#N)CC1CC3(CC3)NC1=O)C2(C)C. The van der Waals surface area contributed by atoms with Crippen molar-refractivity contribution < 1.29 is 23.9 Å². The zero-order valence-electron chi connectivity index (χ0n) is 24.2. The minimum absolute atomic E-state index is 0.0253. The van der Waals surface area contributed by atoms with Gasteiger partial charge in [0.05, 0.1) is 25.8 Å². The summed E-state index contributed by atoms with van der Waals surface area (Å²) in [7, 11) is 0. The van der Waals surface area contributed by atoms with Gasteiger partial charge >= 0.3 is 6.03 Å². The highest BCUT2D eigenvalue weighted by molar-refractivity contribution is 5.94. The molecule has 5 amide bonds. The summed E-state index contributed by atoms with van der Waals surface area (Å²) in [6, 6.07) is -0.495. The first-order valence-corrected chi connectivity index (χ1v) is 14.7. The standard InChI is InChI=1S/C29H42N6O5/c1-26(2,3)21(32-25(39)34-14-29(15-34)8-9-40-29)24(38)35-13-18-19(27(18,4)5)20(35)23(37)31-17(12-30)10-16-11-28(6-7-28)33-22(16)36/h16-21H,6-11,13-15H2,1-5H3,(H,31,37)(H,32,39)(H,33,36). The van der Waals surface area contributed by atoms with Gasteiger partial charge in [-0.15, -0.1) is 0 Å². The number of fused-ring (bicyclic) bond motifs is 1. The van der Waals surface area contributed by atoms with Crippen molar-refractivity contribution >= 4 is 23.8 Å². The van der Waals surface area contributed by atoms with Crippen LogP contribution in [0, 0.1) is 39.9 Å². The minimum atomic E-state index is -0.821. The third kappa shape index (κ3) is 4.43. The van der Waals surface area contributed by atoms with Gasteiger partial charge in [-0.2, -0.15) is 5.26 Å². The molecule has 218 valence electrons. The van der Waals surface area contributed by atoms with Gasteiger partial charge in [-0.05, 0) is 48.3 Å². The monoisotopic (exact) mass is 554 g/mol. The fourth-order valence-electron chi connectivity index (χ4n) is 7.61. The van der Waals surface area contributed by atoms with E-state index in [1.54, 1.807) is 9.80 Å². The van der Waals surface area contributed by atoms with E-state index in [0.717, 1.165) is 25.9 Å². The van der Waals surface area contributed by atoms with Gasteiger partial charge in [-0.1, -0.05) is 34.6 Å². The zero-order chi connectivity index (χ0) is 28.8. The lowest BCUT2D eigenvalue weighted by Gasteiger charge is -2.55. The smallest absolute Gasteiger partial charge is 0.318 e. The van der Waals surface area contributed by atoms with Crippen LogP contribution in [0.15, 0.2) is 0 Å². The quantitative estimate of drug-likeness (QED) is 0.449. The molecule has 6 unspecified atom stereocenters. The van der Waals surface area contributed by atoms with Crippen molar-refractivity contribution in [1.29, 1.82) is 5.26 Å². The largest absolute Gasteiger partial charge is 0.371 e. The molecule has 0 aromatic carbocycles. The second kappa shape index (κ2) is 8.81. The highest BCUT2D eigenvalue weighted by Crippen LogP contribution is 2.65. The van der Waals surface area contributed by atoms with Gasteiger partial charge in [0.15, 0.2) is 0 Å². The molecular formula is C29H42N6O5. The first-order valence-electron chi connectivity index (χ1n) is 14.7. The van der Waals surface area contributed by atoms with Gasteiger partial charge in [-0.3, -0.25) is 14.4 Å². The Kier molecular flexibility index (Phi) is 6.02. The summed E-state index contributed by atoms with van der Waals surface area (Å²) in [6.07, 6.45) is 3.83. The van der Waals surface area contributed by atoms with Crippen LogP contribution in [0.2, 0.25) is 0 Å². The van der Waals surface area contributed by atoms with Crippen molar-refractivity contribution in [1.82, 2.24) is 25.8 Å². The lowest BCUT2D eigenvalue weighted by atomic mass is 9.84. The van der Waals surface area contributed by atoms with Crippen LogP contribution in [0.3, 0.4) is 0 Å². The molecule has 4 heterocycles. The number of carbonyl (C=O) groups is 4. The molecule has 40 heavy (non-hydrogen) atoms. The van der Waals surface area contributed by atoms with Crippen molar-refractivity contribution in [2.24, 2.45) is 28.6 Å². The Hall–Kier alpha value is -2.87. The first kappa shape index (κ1) is 27.3. The van der Waals surface area contributed by atoms with Crippen LogP contribution in [-0.2, 0) is 19.1 Å². The number of piperidine rings is 1. The number of amides is 5. The van der Waals surface area contributed by atoms with Crippen LogP contribution in [0.1, 0.15) is 66.7 Å². The third-order valence-electron chi connectivity index (χ3n) is 10.6. The van der Waals surface area contributed by atoms with Crippen LogP contribution in [0.4, 0.5) is 4.79 Å². The Morgan fingerprint density at radius 2 is 1.85 bits per heavy atom. The second-order valence-corrected chi connectivity index (χ2v) is 14.9. The lowest BCUT2D eigenvalue weighted by molar-refractivity contribution is -0.208. The van der Waals surface area contributed by atoms with E-state index in [9.17, 15) is 24.4 Å². The topological polar surface area (TPSA) is 144 Å². The van der Waals surface area contributed by atoms with E-state index in [1.807, 2.05) is 20.8 Å². The molecular weight excluding hydrogens is 512 g/mol. The number of ether oxygens (including phenoxy) is 1. The number of hydrogen-bond acceptors (Lipinski definition) is 6. The Labute approximate surface area is 235 Å². The molecule has 6 fully saturated rings. The predicted octanol–water partition coefficient (Wildman–Crippen LogP) is 1.14. The number of carbonyl (C=O) groups excluding carboxylic acids is 4. The van der Waals surface area contributed by atoms with Crippen molar-refractivity contribution in [2.75, 3.05) is 26.2 Å². The van der Waals surface area contributed by atoms with Crippen LogP contribution < -0.4 is 16.0 Å². The van der Waals surface area contributed by atoms with Crippen molar-refractivity contribution in [3.8, 4) is 6.07 Å².